The molecule has 28 aromatic rings. The molecule has 0 radical (unpaired) electrons. The van der Waals surface area contributed by atoms with E-state index in [0.717, 1.165) is 276 Å². The number of hydrogen-bond acceptors (Lipinski definition) is 10. The lowest BCUT2D eigenvalue weighted by Crippen LogP contribution is -2.09. The van der Waals surface area contributed by atoms with Gasteiger partial charge in [0.05, 0.1) is 0 Å². The average molecular weight is 1840 g/mol. The van der Waals surface area contributed by atoms with Crippen LogP contribution in [0.1, 0.15) is 0 Å². The van der Waals surface area contributed by atoms with Gasteiger partial charge in [-0.2, -0.15) is 0 Å². The van der Waals surface area contributed by atoms with E-state index in [1.54, 1.807) is 0 Å². The van der Waals surface area contributed by atoms with Crippen molar-refractivity contribution in [1.29, 1.82) is 0 Å². The molecule has 0 spiro atoms. The maximum atomic E-state index is 6.63. The fourth-order valence-corrected chi connectivity index (χ4v) is 19.7. The summed E-state index contributed by atoms with van der Waals surface area (Å²) in [6.45, 7) is 0. The molecular weight excluding hydrogens is 1760 g/mol. The Labute approximate surface area is 812 Å². The van der Waals surface area contributed by atoms with Crippen LogP contribution in [0.5, 0.6) is 0 Å². The summed E-state index contributed by atoms with van der Waals surface area (Å²) >= 11 is 12.3. The van der Waals surface area contributed by atoms with Crippen LogP contribution in [0.15, 0.2) is 504 Å². The molecule has 21 aromatic carbocycles. The number of benzene rings is 21. The van der Waals surface area contributed by atoms with Crippen LogP contribution in [0.2, 0.25) is 10.0 Å². The molecule has 0 bridgehead atoms. The summed E-state index contributed by atoms with van der Waals surface area (Å²) in [5.41, 5.74) is 21.9. The van der Waals surface area contributed by atoms with E-state index in [9.17, 15) is 0 Å². The van der Waals surface area contributed by atoms with Gasteiger partial charge < -0.3 is 46.0 Å². The van der Waals surface area contributed by atoms with E-state index >= 15 is 0 Å². The Morgan fingerprint density at radius 1 is 0.143 bits per heavy atom. The van der Waals surface area contributed by atoms with E-state index < -0.39 is 0 Å². The van der Waals surface area contributed by atoms with Gasteiger partial charge in [-0.15, -0.1) is 0 Å². The number of halogens is 2. The first kappa shape index (κ1) is 82.6. The van der Waals surface area contributed by atoms with Crippen LogP contribution < -0.4 is 15.1 Å². The molecule has 0 unspecified atom stereocenters. The highest BCUT2D eigenvalue weighted by molar-refractivity contribution is 6.32. The standard InChI is InChI=1S/C74H46N2O4.C34H18Cl2O2.C20H15NO/c1-3-13-61(14-4-1)75(63-29-23-47(24-30-63)69-41-53-11-7-9-17-67(53)77-69)65-33-27-49-35-55(21-19-51(49)39-65)71-45-59-37-57-38-60-46-72(80-74(60)44-58(57)43-73(59)79-71)56-22-20-52-40-66(34-28-50(52)36-56)76(62-15-5-2-6-16-62)64-31-25-48(26-32-64)70-42-54-12-8-10-18-68(54)78-70;35-29-7-5-19-9-23(3-1-21(19)13-29)31-17-27-11-25-12-28-18-32(38-34(28)16-26(25)15-33(27)37-31)24-4-2-22-14-30(36)8-6-20(22)10-24;1-2-7-17(8-3-1)21-18-12-10-15(11-13-18)20-14-16-6-4-5-9-19(16)22-20/h1-46H;1-18H;1-14,21H. The van der Waals surface area contributed by atoms with E-state index in [1.807, 2.05) is 121 Å². The molecule has 7 aromatic heterocycles. The minimum absolute atomic E-state index is 0.737. The Balaban J connectivity index is 0.000000137. The van der Waals surface area contributed by atoms with Crippen LogP contribution in [-0.2, 0) is 0 Å². The third kappa shape index (κ3) is 16.1. The number of rotatable bonds is 15. The highest BCUT2D eigenvalue weighted by Gasteiger charge is 2.22. The summed E-state index contributed by atoms with van der Waals surface area (Å²) in [6, 6.07) is 164. The first-order chi connectivity index (χ1) is 69.0. The van der Waals surface area contributed by atoms with E-state index in [0.29, 0.717) is 0 Å². The lowest BCUT2D eigenvalue weighted by Gasteiger charge is -2.26. The van der Waals surface area contributed by atoms with Crippen molar-refractivity contribution < 1.29 is 30.9 Å². The minimum Gasteiger partial charge on any atom is -0.456 e. The van der Waals surface area contributed by atoms with Gasteiger partial charge in [0.1, 0.15) is 79.4 Å². The molecule has 0 fully saturated rings. The van der Waals surface area contributed by atoms with Gasteiger partial charge in [0.2, 0.25) is 0 Å². The summed E-state index contributed by atoms with van der Waals surface area (Å²) in [5.74, 6) is 5.95. The first-order valence-corrected chi connectivity index (χ1v) is 47.3. The molecular formula is C128H79Cl2N3O7. The Morgan fingerprint density at radius 3 is 0.721 bits per heavy atom. The Hall–Kier alpha value is -18.1. The van der Waals surface area contributed by atoms with Gasteiger partial charge in [0.25, 0.3) is 0 Å². The molecule has 140 heavy (non-hydrogen) atoms. The third-order valence-corrected chi connectivity index (χ3v) is 27.0. The van der Waals surface area contributed by atoms with Crippen LogP contribution in [0.3, 0.4) is 0 Å². The third-order valence-electron chi connectivity index (χ3n) is 26.5. The summed E-state index contributed by atoms with van der Waals surface area (Å²) < 4.78 is 44.1. The number of anilines is 8. The highest BCUT2D eigenvalue weighted by atomic mass is 35.5. The maximum absolute atomic E-state index is 6.63. The largest absolute Gasteiger partial charge is 0.456 e. The number of furan rings is 7. The fourth-order valence-electron chi connectivity index (χ4n) is 19.4. The lowest BCUT2D eigenvalue weighted by atomic mass is 10.0. The summed E-state index contributed by atoms with van der Waals surface area (Å²) in [5, 5.41) is 25.8. The number of fused-ring (bicyclic) bond motifs is 13. The van der Waals surface area contributed by atoms with Crippen molar-refractivity contribution in [3.05, 3.63) is 483 Å². The zero-order chi connectivity index (χ0) is 92.8. The maximum Gasteiger partial charge on any atom is 0.135 e. The van der Waals surface area contributed by atoms with Crippen molar-refractivity contribution in [3.8, 4) is 79.3 Å². The van der Waals surface area contributed by atoms with Crippen molar-refractivity contribution in [2.24, 2.45) is 0 Å². The summed E-state index contributed by atoms with van der Waals surface area (Å²) in [6.07, 6.45) is 0. The van der Waals surface area contributed by atoms with Gasteiger partial charge >= 0.3 is 0 Å². The molecule has 0 saturated heterocycles. The van der Waals surface area contributed by atoms with Crippen molar-refractivity contribution in [2.75, 3.05) is 15.1 Å². The molecule has 0 aliphatic heterocycles. The van der Waals surface area contributed by atoms with Gasteiger partial charge in [-0.25, -0.2) is 0 Å². The monoisotopic (exact) mass is 1840 g/mol. The minimum atomic E-state index is 0.737. The quantitative estimate of drug-likeness (QED) is 0.107. The van der Waals surface area contributed by atoms with Crippen LogP contribution in [-0.4, -0.2) is 0 Å². The van der Waals surface area contributed by atoms with Crippen molar-refractivity contribution in [2.45, 2.75) is 0 Å². The molecule has 0 atom stereocenters. The zero-order valence-corrected chi connectivity index (χ0v) is 76.6. The van der Waals surface area contributed by atoms with Crippen LogP contribution in [0, 0.1) is 0 Å². The molecule has 28 rings (SSSR count). The molecule has 12 heteroatoms. The van der Waals surface area contributed by atoms with E-state index in [1.165, 1.54) is 0 Å². The molecule has 0 saturated carbocycles. The van der Waals surface area contributed by atoms with Gasteiger partial charge in [-0.05, 0) is 356 Å². The molecule has 0 amide bonds. The van der Waals surface area contributed by atoms with E-state index in [2.05, 4.69) is 367 Å². The SMILES string of the molecule is Clc1ccc2cc(-c3cc4cc5cc6cc(-c7ccc8cc(Cl)ccc8c7)oc6cc5cc4o3)ccc2c1.c1ccc(N(c2ccc(-c3cc4ccccc4o3)cc2)c2ccc3cc(-c4cc5cc6cc7cc(-c8ccc9cc(N(c%10ccccc%10)c%10ccc(-c%11cc%12ccccc%12o%11)cc%10)ccc9c8)oc7cc6cc5o4)ccc3c2)cc1.c1ccc(Nc2ccc(-c3cc4ccccc4o3)cc2)cc1. The second-order valence-corrected chi connectivity index (χ2v) is 36.4. The molecule has 10 nitrogen and oxygen atoms in total. The normalized spacial score (nSPS) is 11.6. The van der Waals surface area contributed by atoms with Gasteiger partial charge in [0, 0.05) is 132 Å². The molecule has 0 aliphatic rings. The number of para-hydroxylation sites is 6. The predicted octanol–water partition coefficient (Wildman–Crippen LogP) is 38.9. The second-order valence-electron chi connectivity index (χ2n) is 35.6. The number of nitrogens with zero attached hydrogens (tertiary/aromatic N) is 2. The topological polar surface area (TPSA) is 110 Å². The summed E-state index contributed by atoms with van der Waals surface area (Å²) in [7, 11) is 0. The molecule has 1 N–H and O–H groups in total. The van der Waals surface area contributed by atoms with E-state index in [-0.39, 0.29) is 0 Å². The van der Waals surface area contributed by atoms with Gasteiger partial charge in [-0.3, -0.25) is 0 Å². The highest BCUT2D eigenvalue weighted by Crippen LogP contribution is 2.46. The Kier molecular flexibility index (Phi) is 20.5. The smallest absolute Gasteiger partial charge is 0.135 e. The molecule has 0 aliphatic carbocycles. The number of hydrogen-bond donors (Lipinski definition) is 1. The summed E-state index contributed by atoms with van der Waals surface area (Å²) in [4.78, 5) is 4.59. The van der Waals surface area contributed by atoms with Gasteiger partial charge in [-0.1, -0.05) is 205 Å². The Morgan fingerprint density at radius 2 is 0.379 bits per heavy atom. The average Bonchev–Trinajstić information content (AvgIpc) is 1.53. The molecule has 662 valence electrons. The van der Waals surface area contributed by atoms with Crippen molar-refractivity contribution in [3.63, 3.8) is 0 Å². The van der Waals surface area contributed by atoms with Crippen molar-refractivity contribution in [1.82, 2.24) is 0 Å². The number of nitrogens with one attached hydrogen (secondary N) is 1. The second kappa shape index (κ2) is 34.7. The van der Waals surface area contributed by atoms with Crippen LogP contribution in [0.4, 0.5) is 45.5 Å². The van der Waals surface area contributed by atoms with Crippen LogP contribution >= 0.6 is 23.2 Å². The van der Waals surface area contributed by atoms with Crippen LogP contribution in [0.25, 0.3) is 221 Å². The lowest BCUT2D eigenvalue weighted by molar-refractivity contribution is 0.630. The zero-order valence-electron chi connectivity index (χ0n) is 75.0. The Bertz CT molecular complexity index is 8940. The molecule has 7 heterocycles. The van der Waals surface area contributed by atoms with Crippen molar-refractivity contribution >= 4 is 210 Å². The van der Waals surface area contributed by atoms with Gasteiger partial charge in [0.15, 0.2) is 0 Å². The fraction of sp³-hybridized carbons (Fsp3) is 0. The predicted molar refractivity (Wildman–Crippen MR) is 580 cm³/mol. The van der Waals surface area contributed by atoms with E-state index in [4.69, 9.17) is 54.1 Å². The first-order valence-electron chi connectivity index (χ1n) is 46.6.